The van der Waals surface area contributed by atoms with Crippen molar-refractivity contribution in [1.29, 1.82) is 5.41 Å². The van der Waals surface area contributed by atoms with Crippen molar-refractivity contribution in [3.63, 3.8) is 0 Å². The molecule has 174 valence electrons. The lowest BCUT2D eigenvalue weighted by molar-refractivity contribution is 0.0904. The third-order valence-electron chi connectivity index (χ3n) is 6.94. The van der Waals surface area contributed by atoms with Gasteiger partial charge in [-0.15, -0.1) is 0 Å². The summed E-state index contributed by atoms with van der Waals surface area (Å²) in [6, 6.07) is 6.60. The van der Waals surface area contributed by atoms with Gasteiger partial charge in [0.15, 0.2) is 0 Å². The van der Waals surface area contributed by atoms with Crippen LogP contribution in [0.4, 0.5) is 5.69 Å². The quantitative estimate of drug-likeness (QED) is 0.536. The summed E-state index contributed by atoms with van der Waals surface area (Å²) in [4.78, 5) is 4.47. The third-order valence-corrected chi connectivity index (χ3v) is 6.94. The van der Waals surface area contributed by atoms with Crippen LogP contribution in [-0.2, 0) is 18.2 Å². The Morgan fingerprint density at radius 2 is 2.09 bits per heavy atom. The molecule has 0 aliphatic carbocycles. The first kappa shape index (κ1) is 21.8. The fourth-order valence-electron chi connectivity index (χ4n) is 5.09. The molecule has 1 unspecified atom stereocenters. The fraction of sp³-hybridized carbons (Fsp3) is 0.462. The lowest BCUT2D eigenvalue weighted by Crippen LogP contribution is -2.44. The number of nitrogens with zero attached hydrogens (tertiary/aromatic N) is 4. The SMILES string of the molecule is C=C(C)N1CCC(NC2CCCO2)=C(C(=N)N2CCCc3cc(-c4cnn(C)c4)ccc32)C1. The van der Waals surface area contributed by atoms with Gasteiger partial charge in [-0.1, -0.05) is 12.6 Å². The van der Waals surface area contributed by atoms with Gasteiger partial charge >= 0.3 is 0 Å². The van der Waals surface area contributed by atoms with Crippen LogP contribution in [0.5, 0.6) is 0 Å². The molecule has 1 saturated heterocycles. The number of benzene rings is 1. The number of hydrogen-bond donors (Lipinski definition) is 2. The second-order valence-corrected chi connectivity index (χ2v) is 9.36. The van der Waals surface area contributed by atoms with E-state index in [-0.39, 0.29) is 6.23 Å². The summed E-state index contributed by atoms with van der Waals surface area (Å²) in [5.74, 6) is 0.594. The van der Waals surface area contributed by atoms with Crippen LogP contribution >= 0.6 is 0 Å². The van der Waals surface area contributed by atoms with Crippen LogP contribution < -0.4 is 10.2 Å². The molecule has 5 rings (SSSR count). The highest BCUT2D eigenvalue weighted by Gasteiger charge is 2.29. The number of fused-ring (bicyclic) bond motifs is 1. The predicted molar refractivity (Wildman–Crippen MR) is 132 cm³/mol. The standard InChI is InChI=1S/C26H34N6O/c1-18(2)31-12-10-23(29-25-7-5-13-33-25)22(17-31)26(27)32-11-4-6-20-14-19(8-9-24(20)32)21-15-28-30(3)16-21/h8-9,14-16,25,27,29H,1,4-7,10-13,17H2,2-3H3. The number of allylic oxidation sites excluding steroid dienone is 1. The van der Waals surface area contributed by atoms with Crippen molar-refractivity contribution in [2.24, 2.45) is 7.05 Å². The maximum absolute atomic E-state index is 9.28. The molecule has 0 saturated carbocycles. The van der Waals surface area contributed by atoms with Gasteiger partial charge in [0, 0.05) is 74.1 Å². The summed E-state index contributed by atoms with van der Waals surface area (Å²) in [5, 5.41) is 17.2. The minimum absolute atomic E-state index is 0.0647. The Labute approximate surface area is 196 Å². The number of hydrogen-bond acceptors (Lipinski definition) is 5. The van der Waals surface area contributed by atoms with Gasteiger partial charge in [-0.25, -0.2) is 0 Å². The Bertz CT molecular complexity index is 1090. The van der Waals surface area contributed by atoms with Crippen LogP contribution in [0.1, 0.15) is 38.2 Å². The molecule has 0 bridgehead atoms. The first-order valence-electron chi connectivity index (χ1n) is 12.0. The number of amidine groups is 1. The Morgan fingerprint density at radius 3 is 2.82 bits per heavy atom. The Hall–Kier alpha value is -3.06. The minimum Gasteiger partial charge on any atom is -0.371 e. The van der Waals surface area contributed by atoms with E-state index in [4.69, 9.17) is 4.74 Å². The second-order valence-electron chi connectivity index (χ2n) is 9.36. The molecule has 1 atom stereocenters. The number of rotatable bonds is 5. The molecule has 3 aliphatic rings. The normalized spacial score (nSPS) is 20.7. The van der Waals surface area contributed by atoms with E-state index >= 15 is 0 Å². The van der Waals surface area contributed by atoms with Crippen molar-refractivity contribution >= 4 is 11.5 Å². The highest BCUT2D eigenvalue weighted by Crippen LogP contribution is 2.34. The summed E-state index contributed by atoms with van der Waals surface area (Å²) in [6.07, 6.45) is 9.09. The maximum Gasteiger partial charge on any atom is 0.131 e. The molecule has 3 aliphatic heterocycles. The molecule has 1 aromatic carbocycles. The predicted octanol–water partition coefficient (Wildman–Crippen LogP) is 4.04. The Kier molecular flexibility index (Phi) is 5.98. The number of ether oxygens (including phenoxy) is 1. The van der Waals surface area contributed by atoms with Gasteiger partial charge in [0.1, 0.15) is 12.1 Å². The van der Waals surface area contributed by atoms with Crippen molar-refractivity contribution in [2.45, 2.75) is 45.3 Å². The van der Waals surface area contributed by atoms with E-state index in [2.05, 4.69) is 51.9 Å². The van der Waals surface area contributed by atoms with Crippen molar-refractivity contribution in [2.75, 3.05) is 31.1 Å². The summed E-state index contributed by atoms with van der Waals surface area (Å²) in [5.41, 5.74) is 8.03. The van der Waals surface area contributed by atoms with Gasteiger partial charge in [-0.3, -0.25) is 10.1 Å². The molecule has 1 fully saturated rings. The molecule has 7 heteroatoms. The molecule has 0 amide bonds. The van der Waals surface area contributed by atoms with E-state index in [0.717, 1.165) is 80.0 Å². The van der Waals surface area contributed by atoms with Gasteiger partial charge in [0.05, 0.1) is 6.20 Å². The number of aromatic nitrogens is 2. The average molecular weight is 447 g/mol. The Balaban J connectivity index is 1.45. The second kappa shape index (κ2) is 9.06. The molecule has 7 nitrogen and oxygen atoms in total. The zero-order valence-corrected chi connectivity index (χ0v) is 19.7. The van der Waals surface area contributed by atoms with Crippen molar-refractivity contribution < 1.29 is 4.74 Å². The van der Waals surface area contributed by atoms with E-state index in [9.17, 15) is 5.41 Å². The molecule has 33 heavy (non-hydrogen) atoms. The highest BCUT2D eigenvalue weighted by molar-refractivity contribution is 6.09. The van der Waals surface area contributed by atoms with Gasteiger partial charge in [-0.05, 0) is 55.9 Å². The number of anilines is 1. The largest absolute Gasteiger partial charge is 0.371 e. The van der Waals surface area contributed by atoms with Crippen molar-refractivity contribution in [1.82, 2.24) is 20.0 Å². The van der Waals surface area contributed by atoms with Crippen LogP contribution in [0.15, 0.2) is 54.1 Å². The van der Waals surface area contributed by atoms with Gasteiger partial charge in [0.25, 0.3) is 0 Å². The van der Waals surface area contributed by atoms with Crippen LogP contribution in [0, 0.1) is 5.41 Å². The van der Waals surface area contributed by atoms with Gasteiger partial charge < -0.3 is 19.9 Å². The smallest absolute Gasteiger partial charge is 0.131 e. The van der Waals surface area contributed by atoms with Gasteiger partial charge in [0.2, 0.25) is 0 Å². The maximum atomic E-state index is 9.28. The van der Waals surface area contributed by atoms with Crippen molar-refractivity contribution in [3.05, 3.63) is 59.7 Å². The lowest BCUT2D eigenvalue weighted by atomic mass is 9.95. The van der Waals surface area contributed by atoms with Crippen LogP contribution in [0.3, 0.4) is 0 Å². The molecule has 0 spiro atoms. The topological polar surface area (TPSA) is 69.4 Å². The summed E-state index contributed by atoms with van der Waals surface area (Å²) in [6.45, 7) is 9.52. The summed E-state index contributed by atoms with van der Waals surface area (Å²) < 4.78 is 7.68. The zero-order valence-electron chi connectivity index (χ0n) is 19.7. The van der Waals surface area contributed by atoms with E-state index in [0.29, 0.717) is 12.4 Å². The monoisotopic (exact) mass is 446 g/mol. The molecule has 0 radical (unpaired) electrons. The zero-order chi connectivity index (χ0) is 22.9. The van der Waals surface area contributed by atoms with E-state index in [1.54, 1.807) is 0 Å². The minimum atomic E-state index is 0.0647. The molecular formula is C26H34N6O. The summed E-state index contributed by atoms with van der Waals surface area (Å²) >= 11 is 0. The molecule has 2 N–H and O–H groups in total. The van der Waals surface area contributed by atoms with Crippen LogP contribution in [0.25, 0.3) is 11.1 Å². The first-order chi connectivity index (χ1) is 16.0. The summed E-state index contributed by atoms with van der Waals surface area (Å²) in [7, 11) is 1.94. The fourth-order valence-corrected chi connectivity index (χ4v) is 5.09. The van der Waals surface area contributed by atoms with Gasteiger partial charge in [-0.2, -0.15) is 5.10 Å². The van der Waals surface area contributed by atoms with Crippen LogP contribution in [0.2, 0.25) is 0 Å². The molecule has 4 heterocycles. The molecule has 1 aromatic heterocycles. The molecular weight excluding hydrogens is 412 g/mol. The van der Waals surface area contributed by atoms with Crippen molar-refractivity contribution in [3.8, 4) is 11.1 Å². The average Bonchev–Trinajstić information content (AvgIpc) is 3.49. The lowest BCUT2D eigenvalue weighted by Gasteiger charge is -2.38. The van der Waals surface area contributed by atoms with E-state index < -0.39 is 0 Å². The van der Waals surface area contributed by atoms with E-state index in [1.165, 1.54) is 11.1 Å². The number of aryl methyl sites for hydroxylation is 2. The third kappa shape index (κ3) is 4.42. The molecule has 2 aromatic rings. The van der Waals surface area contributed by atoms with E-state index in [1.807, 2.05) is 24.1 Å². The first-order valence-corrected chi connectivity index (χ1v) is 12.0. The highest BCUT2D eigenvalue weighted by atomic mass is 16.5. The Morgan fingerprint density at radius 1 is 1.21 bits per heavy atom. The van der Waals surface area contributed by atoms with Crippen LogP contribution in [-0.4, -0.2) is 53.0 Å². The number of nitrogens with one attached hydrogen (secondary N) is 2.